The average molecular weight is 337 g/mol. The molecule has 8 heteroatoms. The number of ether oxygens (including phenoxy) is 1. The number of nitrogens with one attached hydrogen (secondary N) is 1. The molecule has 0 saturated carbocycles. The van der Waals surface area contributed by atoms with Gasteiger partial charge in [-0.05, 0) is 25.0 Å². The molecule has 1 fully saturated rings. The van der Waals surface area contributed by atoms with E-state index in [0.29, 0.717) is 24.4 Å². The summed E-state index contributed by atoms with van der Waals surface area (Å²) in [6.45, 7) is 2.33. The molecule has 0 amide bonds. The van der Waals surface area contributed by atoms with E-state index in [9.17, 15) is 0 Å². The van der Waals surface area contributed by atoms with Crippen molar-refractivity contribution < 1.29 is 4.74 Å². The van der Waals surface area contributed by atoms with Gasteiger partial charge in [0.25, 0.3) is 0 Å². The zero-order valence-corrected chi connectivity index (χ0v) is 13.7. The molecule has 2 aliphatic rings. The Morgan fingerprint density at radius 2 is 2.00 bits per heavy atom. The summed E-state index contributed by atoms with van der Waals surface area (Å²) in [6.07, 6.45) is 4.16. The Hall–Kier alpha value is -2.71. The van der Waals surface area contributed by atoms with Crippen LogP contribution in [0.4, 0.5) is 5.95 Å². The third kappa shape index (κ3) is 2.41. The maximum atomic E-state index is 6.07. The minimum absolute atomic E-state index is 0.347. The van der Waals surface area contributed by atoms with Gasteiger partial charge in [0.15, 0.2) is 11.5 Å². The Balaban J connectivity index is 1.55. The molecule has 3 N–H and O–H groups in total. The molecular weight excluding hydrogens is 318 g/mol. The van der Waals surface area contributed by atoms with Crippen LogP contribution in [0.1, 0.15) is 18.7 Å². The maximum Gasteiger partial charge on any atom is 0.223 e. The molecule has 0 bridgehead atoms. The smallest absolute Gasteiger partial charge is 0.223 e. The first-order valence-corrected chi connectivity index (χ1v) is 8.51. The van der Waals surface area contributed by atoms with Gasteiger partial charge in [0.1, 0.15) is 0 Å². The quantitative estimate of drug-likeness (QED) is 0.726. The van der Waals surface area contributed by atoms with E-state index in [-0.39, 0.29) is 0 Å². The third-order valence-electron chi connectivity index (χ3n) is 4.82. The van der Waals surface area contributed by atoms with Crippen molar-refractivity contribution in [2.24, 2.45) is 0 Å². The van der Waals surface area contributed by atoms with Crippen LogP contribution in [0, 0.1) is 0 Å². The normalized spacial score (nSPS) is 19.0. The molecule has 8 nitrogen and oxygen atoms in total. The Labute approximate surface area is 144 Å². The lowest BCUT2D eigenvalue weighted by Gasteiger charge is -2.30. The van der Waals surface area contributed by atoms with Crippen LogP contribution in [0.15, 0.2) is 30.5 Å². The van der Waals surface area contributed by atoms with Gasteiger partial charge in [0.2, 0.25) is 5.95 Å². The summed E-state index contributed by atoms with van der Waals surface area (Å²) in [5.74, 6) is 1.03. The average Bonchev–Trinajstić information content (AvgIpc) is 3.30. The molecule has 0 spiro atoms. The second-order valence-electron chi connectivity index (χ2n) is 6.40. The van der Waals surface area contributed by atoms with Crippen molar-refractivity contribution in [2.45, 2.75) is 18.9 Å². The summed E-state index contributed by atoms with van der Waals surface area (Å²) in [7, 11) is 0. The molecule has 0 unspecified atom stereocenters. The van der Waals surface area contributed by atoms with Gasteiger partial charge < -0.3 is 15.5 Å². The third-order valence-corrected chi connectivity index (χ3v) is 4.82. The zero-order valence-electron chi connectivity index (χ0n) is 13.7. The minimum atomic E-state index is 0.347. The minimum Gasteiger partial charge on any atom is -0.381 e. The Kier molecular flexibility index (Phi) is 3.32. The second kappa shape index (κ2) is 5.68. The molecule has 0 radical (unpaired) electrons. The molecule has 1 saturated heterocycles. The van der Waals surface area contributed by atoms with Crippen molar-refractivity contribution in [2.75, 3.05) is 25.5 Å². The van der Waals surface area contributed by atoms with Gasteiger partial charge >= 0.3 is 0 Å². The van der Waals surface area contributed by atoms with Gasteiger partial charge in [-0.2, -0.15) is 4.52 Å². The highest BCUT2D eigenvalue weighted by molar-refractivity contribution is 5.92. The number of rotatable bonds is 2. The van der Waals surface area contributed by atoms with Crippen LogP contribution in [-0.2, 0) is 4.74 Å². The number of aromatic nitrogens is 4. The SMILES string of the molecule is Nc1nc2ccccc2c2nc(C3=CN(C4CCOCC4)NC3)nn12. The van der Waals surface area contributed by atoms with Gasteiger partial charge in [0.05, 0.1) is 5.52 Å². The molecule has 4 heterocycles. The zero-order chi connectivity index (χ0) is 16.8. The fourth-order valence-electron chi connectivity index (χ4n) is 3.48. The van der Waals surface area contributed by atoms with Crippen LogP contribution >= 0.6 is 0 Å². The van der Waals surface area contributed by atoms with Crippen LogP contribution in [0.25, 0.3) is 22.1 Å². The standard InChI is InChI=1S/C17H19N7O/c18-17-20-14-4-2-1-3-13(14)16-21-15(22-24(16)17)11-9-19-23(10-11)12-5-7-25-8-6-12/h1-4,10,12,19H,5-9H2,(H2,18,20). The number of nitrogens with zero attached hydrogens (tertiary/aromatic N) is 5. The summed E-state index contributed by atoms with van der Waals surface area (Å²) >= 11 is 0. The van der Waals surface area contributed by atoms with Crippen molar-refractivity contribution in [3.63, 3.8) is 0 Å². The summed E-state index contributed by atoms with van der Waals surface area (Å²) in [4.78, 5) is 9.15. The number of hydrogen-bond acceptors (Lipinski definition) is 7. The van der Waals surface area contributed by atoms with Crippen molar-refractivity contribution >= 4 is 28.1 Å². The predicted octanol–water partition coefficient (Wildman–Crippen LogP) is 1.20. The van der Waals surface area contributed by atoms with E-state index in [2.05, 4.69) is 26.7 Å². The van der Waals surface area contributed by atoms with Gasteiger partial charge in [-0.3, -0.25) is 0 Å². The van der Waals surface area contributed by atoms with E-state index in [0.717, 1.165) is 48.2 Å². The van der Waals surface area contributed by atoms with Crippen LogP contribution in [0.5, 0.6) is 0 Å². The first-order valence-electron chi connectivity index (χ1n) is 8.51. The van der Waals surface area contributed by atoms with Crippen LogP contribution in [0.3, 0.4) is 0 Å². The lowest BCUT2D eigenvalue weighted by Crippen LogP contribution is -2.41. The van der Waals surface area contributed by atoms with Crippen molar-refractivity contribution in [1.29, 1.82) is 0 Å². The molecule has 1 aromatic carbocycles. The van der Waals surface area contributed by atoms with Crippen LogP contribution in [-0.4, -0.2) is 50.4 Å². The lowest BCUT2D eigenvalue weighted by atomic mass is 10.1. The molecular formula is C17H19N7O. The van der Waals surface area contributed by atoms with E-state index in [4.69, 9.17) is 15.5 Å². The van der Waals surface area contributed by atoms with Gasteiger partial charge in [-0.1, -0.05) is 12.1 Å². The maximum absolute atomic E-state index is 6.07. The highest BCUT2D eigenvalue weighted by atomic mass is 16.5. The van der Waals surface area contributed by atoms with Crippen LogP contribution in [0.2, 0.25) is 0 Å². The van der Waals surface area contributed by atoms with E-state index in [1.165, 1.54) is 0 Å². The molecule has 3 aromatic rings. The Bertz CT molecular complexity index is 974. The highest BCUT2D eigenvalue weighted by Gasteiger charge is 2.25. The Morgan fingerprint density at radius 1 is 1.16 bits per heavy atom. The van der Waals surface area contributed by atoms with E-state index in [1.54, 1.807) is 4.52 Å². The summed E-state index contributed by atoms with van der Waals surface area (Å²) in [5, 5.41) is 7.70. The van der Waals surface area contributed by atoms with Crippen molar-refractivity contribution in [1.82, 2.24) is 30.0 Å². The van der Waals surface area contributed by atoms with Gasteiger partial charge in [0, 0.05) is 43.0 Å². The largest absolute Gasteiger partial charge is 0.381 e. The second-order valence-corrected chi connectivity index (χ2v) is 6.40. The molecule has 25 heavy (non-hydrogen) atoms. The first kappa shape index (κ1) is 14.6. The van der Waals surface area contributed by atoms with Gasteiger partial charge in [-0.25, -0.2) is 15.4 Å². The fraction of sp³-hybridized carbons (Fsp3) is 0.353. The van der Waals surface area contributed by atoms with E-state index < -0.39 is 0 Å². The highest BCUT2D eigenvalue weighted by Crippen LogP contribution is 2.24. The molecule has 128 valence electrons. The molecule has 0 atom stereocenters. The number of nitrogen functional groups attached to an aromatic ring is 1. The summed E-state index contributed by atoms with van der Waals surface area (Å²) < 4.78 is 7.06. The monoisotopic (exact) mass is 337 g/mol. The fourth-order valence-corrected chi connectivity index (χ4v) is 3.48. The van der Waals surface area contributed by atoms with Crippen molar-refractivity contribution in [3.05, 3.63) is 36.3 Å². The van der Waals surface area contributed by atoms with Crippen molar-refractivity contribution in [3.8, 4) is 0 Å². The van der Waals surface area contributed by atoms with E-state index >= 15 is 0 Å². The van der Waals surface area contributed by atoms with E-state index in [1.807, 2.05) is 24.3 Å². The lowest BCUT2D eigenvalue weighted by molar-refractivity contribution is 0.0391. The molecule has 5 rings (SSSR count). The number of hydrogen-bond donors (Lipinski definition) is 2. The van der Waals surface area contributed by atoms with Gasteiger partial charge in [-0.15, -0.1) is 5.10 Å². The number of nitrogens with two attached hydrogens (primary N) is 1. The number of hydrazine groups is 1. The number of fused-ring (bicyclic) bond motifs is 3. The topological polar surface area (TPSA) is 93.6 Å². The summed E-state index contributed by atoms with van der Waals surface area (Å²) in [6, 6.07) is 8.29. The first-order chi connectivity index (χ1) is 12.3. The number of benzene rings is 1. The predicted molar refractivity (Wildman–Crippen MR) is 94.4 cm³/mol. The molecule has 0 aliphatic carbocycles. The summed E-state index contributed by atoms with van der Waals surface area (Å²) in [5.41, 5.74) is 12.1. The molecule has 2 aliphatic heterocycles. The Morgan fingerprint density at radius 3 is 2.88 bits per heavy atom. The van der Waals surface area contributed by atoms with Crippen LogP contribution < -0.4 is 11.2 Å². The number of para-hydroxylation sites is 1. The number of anilines is 1. The molecule has 2 aromatic heterocycles.